The molecule has 1 aromatic carbocycles. The number of benzene rings is 1. The van der Waals surface area contributed by atoms with E-state index in [0.29, 0.717) is 17.1 Å². The Balaban J connectivity index is 2.52. The summed E-state index contributed by atoms with van der Waals surface area (Å²) in [7, 11) is 0.854. The van der Waals surface area contributed by atoms with Crippen molar-refractivity contribution in [1.82, 2.24) is 9.78 Å². The van der Waals surface area contributed by atoms with Crippen molar-refractivity contribution >= 4 is 21.5 Å². The summed E-state index contributed by atoms with van der Waals surface area (Å²) in [5.74, 6) is 0.565. The number of nitrogens with zero attached hydrogens (tertiary/aromatic N) is 3. The van der Waals surface area contributed by atoms with Gasteiger partial charge in [-0.3, -0.25) is 8.99 Å². The number of sulfonamides is 1. The van der Waals surface area contributed by atoms with E-state index in [-0.39, 0.29) is 10.7 Å². The molecule has 2 N–H and O–H groups in total. The number of nitrogens with two attached hydrogens (primary N) is 1. The van der Waals surface area contributed by atoms with Crippen LogP contribution >= 0.6 is 0 Å². The molecule has 0 atom stereocenters. The SMILES string of the molecule is COc1cccc(N(C)S(=O)(=O)c2c(N)nn(C)c2C)c1. The van der Waals surface area contributed by atoms with Crippen molar-refractivity contribution in [3.05, 3.63) is 30.0 Å². The fraction of sp³-hybridized carbons (Fsp3) is 0.308. The predicted octanol–water partition coefficient (Wildman–Crippen LogP) is 1.14. The number of anilines is 2. The fourth-order valence-corrected chi connectivity index (χ4v) is 3.49. The Labute approximate surface area is 124 Å². The molecule has 0 fully saturated rings. The third-order valence-corrected chi connectivity index (χ3v) is 5.29. The highest BCUT2D eigenvalue weighted by Gasteiger charge is 2.29. The summed E-state index contributed by atoms with van der Waals surface area (Å²) in [6, 6.07) is 6.79. The van der Waals surface area contributed by atoms with Crippen LogP contribution < -0.4 is 14.8 Å². The summed E-state index contributed by atoms with van der Waals surface area (Å²) in [6.07, 6.45) is 0. The van der Waals surface area contributed by atoms with E-state index in [2.05, 4.69) is 5.10 Å². The van der Waals surface area contributed by atoms with Gasteiger partial charge in [-0.15, -0.1) is 0 Å². The van der Waals surface area contributed by atoms with Gasteiger partial charge >= 0.3 is 0 Å². The molecule has 0 aliphatic rings. The summed E-state index contributed by atoms with van der Waals surface area (Å²) in [5, 5.41) is 3.95. The lowest BCUT2D eigenvalue weighted by Gasteiger charge is -2.20. The average molecular weight is 310 g/mol. The molecule has 0 bridgehead atoms. The van der Waals surface area contributed by atoms with Gasteiger partial charge in [0.05, 0.1) is 18.5 Å². The van der Waals surface area contributed by atoms with Crippen LogP contribution in [0.1, 0.15) is 5.69 Å². The molecule has 0 saturated carbocycles. The van der Waals surface area contributed by atoms with Crippen molar-refractivity contribution in [2.75, 3.05) is 24.2 Å². The van der Waals surface area contributed by atoms with E-state index >= 15 is 0 Å². The van der Waals surface area contributed by atoms with E-state index in [9.17, 15) is 8.42 Å². The zero-order valence-corrected chi connectivity index (χ0v) is 13.2. The third-order valence-electron chi connectivity index (χ3n) is 3.34. The summed E-state index contributed by atoms with van der Waals surface area (Å²) >= 11 is 0. The van der Waals surface area contributed by atoms with Gasteiger partial charge in [0.1, 0.15) is 5.75 Å². The Bertz CT molecular complexity index is 768. The van der Waals surface area contributed by atoms with Gasteiger partial charge in [0.2, 0.25) is 0 Å². The van der Waals surface area contributed by atoms with Crippen molar-refractivity contribution < 1.29 is 13.2 Å². The van der Waals surface area contributed by atoms with Crippen LogP contribution in [-0.4, -0.2) is 32.4 Å². The lowest BCUT2D eigenvalue weighted by Crippen LogP contribution is -2.27. The fourth-order valence-electron chi connectivity index (χ4n) is 2.02. The maximum absolute atomic E-state index is 12.7. The van der Waals surface area contributed by atoms with Crippen molar-refractivity contribution in [3.8, 4) is 5.75 Å². The van der Waals surface area contributed by atoms with Crippen LogP contribution in [0.3, 0.4) is 0 Å². The Morgan fingerprint density at radius 2 is 2.05 bits per heavy atom. The molecular weight excluding hydrogens is 292 g/mol. The van der Waals surface area contributed by atoms with Gasteiger partial charge in [-0.05, 0) is 19.1 Å². The second-order valence-corrected chi connectivity index (χ2v) is 6.50. The second kappa shape index (κ2) is 5.28. The molecule has 0 saturated heterocycles. The highest BCUT2D eigenvalue weighted by atomic mass is 32.2. The van der Waals surface area contributed by atoms with Crippen LogP contribution in [0, 0.1) is 6.92 Å². The van der Waals surface area contributed by atoms with Gasteiger partial charge in [0, 0.05) is 20.2 Å². The molecule has 0 aliphatic carbocycles. The third kappa shape index (κ3) is 2.54. The number of aryl methyl sites for hydroxylation is 1. The first-order valence-electron chi connectivity index (χ1n) is 6.21. The van der Waals surface area contributed by atoms with Crippen LogP contribution in [0.2, 0.25) is 0 Å². The van der Waals surface area contributed by atoms with Crippen LogP contribution in [0.15, 0.2) is 29.2 Å². The molecule has 2 aromatic rings. The standard InChI is InChI=1S/C13H18N4O3S/c1-9-12(13(14)15-16(9)2)21(18,19)17(3)10-6-5-7-11(8-10)20-4/h5-8H,1-4H3,(H2,14,15). The number of rotatable bonds is 4. The van der Waals surface area contributed by atoms with E-state index in [1.54, 1.807) is 38.2 Å². The number of hydrogen-bond acceptors (Lipinski definition) is 5. The smallest absolute Gasteiger partial charge is 0.269 e. The minimum Gasteiger partial charge on any atom is -0.497 e. The number of ether oxygens (including phenoxy) is 1. The molecule has 0 spiro atoms. The normalized spacial score (nSPS) is 11.4. The van der Waals surface area contributed by atoms with Crippen molar-refractivity contribution in [3.63, 3.8) is 0 Å². The lowest BCUT2D eigenvalue weighted by atomic mass is 10.3. The number of nitrogen functional groups attached to an aromatic ring is 1. The van der Waals surface area contributed by atoms with Gasteiger partial charge in [-0.2, -0.15) is 5.10 Å². The number of hydrogen-bond donors (Lipinski definition) is 1. The van der Waals surface area contributed by atoms with Crippen LogP contribution in [0.4, 0.5) is 11.5 Å². The molecule has 21 heavy (non-hydrogen) atoms. The zero-order valence-electron chi connectivity index (χ0n) is 12.4. The first kappa shape index (κ1) is 15.2. The Morgan fingerprint density at radius 1 is 1.38 bits per heavy atom. The topological polar surface area (TPSA) is 90.4 Å². The molecule has 1 heterocycles. The van der Waals surface area contributed by atoms with Crippen molar-refractivity contribution in [2.45, 2.75) is 11.8 Å². The summed E-state index contributed by atoms with van der Waals surface area (Å²) in [5.41, 5.74) is 6.71. The summed E-state index contributed by atoms with van der Waals surface area (Å²) < 4.78 is 33.2. The van der Waals surface area contributed by atoms with Crippen LogP contribution in [0.25, 0.3) is 0 Å². The monoisotopic (exact) mass is 310 g/mol. The van der Waals surface area contributed by atoms with E-state index < -0.39 is 10.0 Å². The molecule has 8 heteroatoms. The van der Waals surface area contributed by atoms with Gasteiger partial charge in [-0.1, -0.05) is 6.07 Å². The van der Waals surface area contributed by atoms with Crippen molar-refractivity contribution in [1.29, 1.82) is 0 Å². The molecule has 1 aromatic heterocycles. The molecule has 0 radical (unpaired) electrons. The minimum atomic E-state index is -3.79. The lowest BCUT2D eigenvalue weighted by molar-refractivity contribution is 0.415. The second-order valence-electron chi connectivity index (χ2n) is 4.60. The average Bonchev–Trinajstić information content (AvgIpc) is 2.71. The van der Waals surface area contributed by atoms with Gasteiger partial charge in [0.15, 0.2) is 10.7 Å². The molecule has 2 rings (SSSR count). The Kier molecular flexibility index (Phi) is 3.82. The van der Waals surface area contributed by atoms with Crippen LogP contribution in [-0.2, 0) is 17.1 Å². The Hall–Kier alpha value is -2.22. The molecular formula is C13H18N4O3S. The highest BCUT2D eigenvalue weighted by molar-refractivity contribution is 7.93. The molecule has 7 nitrogen and oxygen atoms in total. The van der Waals surface area contributed by atoms with Gasteiger partial charge < -0.3 is 10.5 Å². The molecule has 0 aliphatic heterocycles. The molecule has 0 amide bonds. The zero-order chi connectivity index (χ0) is 15.8. The first-order chi connectivity index (χ1) is 9.78. The largest absolute Gasteiger partial charge is 0.497 e. The Morgan fingerprint density at radius 3 is 2.57 bits per heavy atom. The van der Waals surface area contributed by atoms with E-state index in [1.807, 2.05) is 0 Å². The number of aromatic nitrogens is 2. The highest BCUT2D eigenvalue weighted by Crippen LogP contribution is 2.29. The molecule has 114 valence electrons. The first-order valence-corrected chi connectivity index (χ1v) is 7.65. The summed E-state index contributed by atoms with van der Waals surface area (Å²) in [4.78, 5) is 0.0234. The van der Waals surface area contributed by atoms with Crippen LogP contribution in [0.5, 0.6) is 5.75 Å². The van der Waals surface area contributed by atoms with E-state index in [0.717, 1.165) is 4.31 Å². The molecule has 0 unspecified atom stereocenters. The number of methoxy groups -OCH3 is 1. The van der Waals surface area contributed by atoms with E-state index in [4.69, 9.17) is 10.5 Å². The predicted molar refractivity (Wildman–Crippen MR) is 80.9 cm³/mol. The maximum Gasteiger partial charge on any atom is 0.269 e. The van der Waals surface area contributed by atoms with Gasteiger partial charge in [0.25, 0.3) is 10.0 Å². The summed E-state index contributed by atoms with van der Waals surface area (Å²) in [6.45, 7) is 1.66. The van der Waals surface area contributed by atoms with Gasteiger partial charge in [-0.25, -0.2) is 8.42 Å². The quantitative estimate of drug-likeness (QED) is 0.914. The van der Waals surface area contributed by atoms with E-state index in [1.165, 1.54) is 18.8 Å². The maximum atomic E-state index is 12.7. The minimum absolute atomic E-state index is 0.00949. The van der Waals surface area contributed by atoms with Crippen molar-refractivity contribution in [2.24, 2.45) is 7.05 Å².